The molecule has 1 N–H and O–H groups in total. The normalized spacial score (nSPS) is 11.0. The van der Waals surface area contributed by atoms with Crippen molar-refractivity contribution in [2.75, 3.05) is 14.1 Å². The lowest BCUT2D eigenvalue weighted by atomic mass is 10.1. The van der Waals surface area contributed by atoms with Crippen LogP contribution in [0.5, 0.6) is 0 Å². The molecule has 0 bridgehead atoms. The van der Waals surface area contributed by atoms with Crippen molar-refractivity contribution in [2.45, 2.75) is 39.8 Å². The Kier molecular flexibility index (Phi) is 7.81. The molecule has 150 valence electrons. The number of aryl methyl sites for hydroxylation is 2. The van der Waals surface area contributed by atoms with Gasteiger partial charge in [0.1, 0.15) is 5.15 Å². The number of unbranched alkanes of at least 4 members (excludes halogenated alkanes) is 1. The van der Waals surface area contributed by atoms with Gasteiger partial charge in [-0.3, -0.25) is 14.3 Å². The first-order valence-electron chi connectivity index (χ1n) is 9.34. The van der Waals surface area contributed by atoms with E-state index in [0.717, 1.165) is 36.2 Å². The molecule has 2 aromatic rings. The Morgan fingerprint density at radius 1 is 1.29 bits per heavy atom. The SMILES string of the molecule is CCCCn1nc(C)c(/C=C/C(=O)N(C)Cc2ccc(C(=O)NC)cc2)c1Cl. The van der Waals surface area contributed by atoms with Gasteiger partial charge in [0.15, 0.2) is 0 Å². The number of rotatable bonds is 8. The van der Waals surface area contributed by atoms with Crippen molar-refractivity contribution in [1.82, 2.24) is 20.0 Å². The Labute approximate surface area is 171 Å². The van der Waals surface area contributed by atoms with E-state index < -0.39 is 0 Å². The number of benzene rings is 1. The quantitative estimate of drug-likeness (QED) is 0.685. The second-order valence-electron chi connectivity index (χ2n) is 6.67. The number of nitrogens with zero attached hydrogens (tertiary/aromatic N) is 3. The number of hydrogen-bond donors (Lipinski definition) is 1. The highest BCUT2D eigenvalue weighted by Crippen LogP contribution is 2.22. The van der Waals surface area contributed by atoms with Crippen LogP contribution in [0, 0.1) is 6.92 Å². The van der Waals surface area contributed by atoms with Crippen molar-refractivity contribution in [2.24, 2.45) is 0 Å². The average Bonchev–Trinajstić information content (AvgIpc) is 2.97. The van der Waals surface area contributed by atoms with Gasteiger partial charge in [0.25, 0.3) is 5.91 Å². The lowest BCUT2D eigenvalue weighted by Gasteiger charge is -2.15. The van der Waals surface area contributed by atoms with Crippen molar-refractivity contribution in [3.05, 3.63) is 57.9 Å². The summed E-state index contributed by atoms with van der Waals surface area (Å²) >= 11 is 6.40. The molecule has 1 aromatic carbocycles. The van der Waals surface area contributed by atoms with Crippen LogP contribution in [0.25, 0.3) is 6.08 Å². The van der Waals surface area contributed by atoms with E-state index in [1.54, 1.807) is 41.9 Å². The fourth-order valence-corrected chi connectivity index (χ4v) is 3.07. The summed E-state index contributed by atoms with van der Waals surface area (Å²) in [4.78, 5) is 25.6. The van der Waals surface area contributed by atoms with Gasteiger partial charge >= 0.3 is 0 Å². The molecule has 0 radical (unpaired) electrons. The van der Waals surface area contributed by atoms with Gasteiger partial charge in [-0.25, -0.2) is 0 Å². The van der Waals surface area contributed by atoms with Crippen molar-refractivity contribution < 1.29 is 9.59 Å². The Morgan fingerprint density at radius 2 is 1.96 bits per heavy atom. The molecule has 0 fully saturated rings. The fraction of sp³-hybridized carbons (Fsp3) is 0.381. The second kappa shape index (κ2) is 10.1. The van der Waals surface area contributed by atoms with Crippen molar-refractivity contribution in [3.63, 3.8) is 0 Å². The first-order chi connectivity index (χ1) is 13.4. The number of halogens is 1. The number of likely N-dealkylation sites (N-methyl/N-ethyl adjacent to an activating group) is 1. The van der Waals surface area contributed by atoms with Crippen LogP contribution in [0.15, 0.2) is 30.3 Å². The third kappa shape index (κ3) is 5.45. The highest BCUT2D eigenvalue weighted by Gasteiger charge is 2.12. The molecule has 28 heavy (non-hydrogen) atoms. The van der Waals surface area contributed by atoms with Crippen LogP contribution < -0.4 is 5.32 Å². The first kappa shape index (κ1) is 21.7. The van der Waals surface area contributed by atoms with E-state index in [2.05, 4.69) is 17.3 Å². The Bertz CT molecular complexity index is 856. The summed E-state index contributed by atoms with van der Waals surface area (Å²) in [6, 6.07) is 7.18. The number of amides is 2. The van der Waals surface area contributed by atoms with Crippen molar-refractivity contribution in [3.8, 4) is 0 Å². The van der Waals surface area contributed by atoms with E-state index in [9.17, 15) is 9.59 Å². The molecule has 0 saturated carbocycles. The standard InChI is InChI=1S/C21H27ClN4O2/c1-5-6-13-26-20(22)18(15(2)24-26)11-12-19(27)25(4)14-16-7-9-17(10-8-16)21(28)23-3/h7-12H,5-6,13-14H2,1-4H3,(H,23,28)/b12-11+. The van der Waals surface area contributed by atoms with Gasteiger partial charge in [0.2, 0.25) is 5.91 Å². The predicted octanol–water partition coefficient (Wildman–Crippen LogP) is 3.68. The number of carbonyl (C=O) groups is 2. The molecule has 7 heteroatoms. The van der Waals surface area contributed by atoms with Gasteiger partial charge < -0.3 is 10.2 Å². The fourth-order valence-electron chi connectivity index (χ4n) is 2.75. The molecule has 2 rings (SSSR count). The van der Waals surface area contributed by atoms with E-state index in [-0.39, 0.29) is 11.8 Å². The zero-order valence-electron chi connectivity index (χ0n) is 16.8. The molecule has 0 unspecified atom stereocenters. The molecule has 1 aromatic heterocycles. The zero-order chi connectivity index (χ0) is 20.7. The number of nitrogens with one attached hydrogen (secondary N) is 1. The molecule has 1 heterocycles. The van der Waals surface area contributed by atoms with Gasteiger partial charge in [-0.2, -0.15) is 5.10 Å². The summed E-state index contributed by atoms with van der Waals surface area (Å²) < 4.78 is 1.78. The molecule has 0 aliphatic heterocycles. The third-order valence-electron chi connectivity index (χ3n) is 4.46. The maximum absolute atomic E-state index is 12.4. The minimum Gasteiger partial charge on any atom is -0.355 e. The van der Waals surface area contributed by atoms with Crippen LogP contribution in [-0.2, 0) is 17.9 Å². The third-order valence-corrected chi connectivity index (χ3v) is 4.86. The van der Waals surface area contributed by atoms with Crippen LogP contribution in [-0.4, -0.2) is 40.6 Å². The van der Waals surface area contributed by atoms with E-state index in [0.29, 0.717) is 17.3 Å². The lowest BCUT2D eigenvalue weighted by molar-refractivity contribution is -0.125. The molecule has 0 aliphatic rings. The summed E-state index contributed by atoms with van der Waals surface area (Å²) in [5.74, 6) is -0.266. The Morgan fingerprint density at radius 3 is 2.57 bits per heavy atom. The summed E-state index contributed by atoms with van der Waals surface area (Å²) in [5.41, 5.74) is 3.11. The molecule has 0 spiro atoms. The summed E-state index contributed by atoms with van der Waals surface area (Å²) in [5, 5.41) is 7.59. The van der Waals surface area contributed by atoms with Crippen LogP contribution in [0.1, 0.15) is 46.9 Å². The monoisotopic (exact) mass is 402 g/mol. The molecule has 2 amide bonds. The highest BCUT2D eigenvalue weighted by atomic mass is 35.5. The van der Waals surface area contributed by atoms with Gasteiger partial charge in [0, 0.05) is 44.4 Å². The zero-order valence-corrected chi connectivity index (χ0v) is 17.6. The second-order valence-corrected chi connectivity index (χ2v) is 7.03. The smallest absolute Gasteiger partial charge is 0.251 e. The van der Waals surface area contributed by atoms with Crippen molar-refractivity contribution in [1.29, 1.82) is 0 Å². The average molecular weight is 403 g/mol. The largest absolute Gasteiger partial charge is 0.355 e. The Balaban J connectivity index is 2.02. The lowest BCUT2D eigenvalue weighted by Crippen LogP contribution is -2.24. The maximum atomic E-state index is 12.4. The van der Waals surface area contributed by atoms with Crippen LogP contribution in [0.4, 0.5) is 0 Å². The molecular formula is C21H27ClN4O2. The topological polar surface area (TPSA) is 67.2 Å². The molecule has 6 nitrogen and oxygen atoms in total. The Hall–Kier alpha value is -2.60. The van der Waals surface area contributed by atoms with E-state index >= 15 is 0 Å². The predicted molar refractivity (Wildman–Crippen MR) is 112 cm³/mol. The maximum Gasteiger partial charge on any atom is 0.251 e. The van der Waals surface area contributed by atoms with Crippen LogP contribution in [0.3, 0.4) is 0 Å². The summed E-state index contributed by atoms with van der Waals surface area (Å²) in [6.07, 6.45) is 5.30. The molecule has 0 aliphatic carbocycles. The minimum atomic E-state index is -0.134. The van der Waals surface area contributed by atoms with E-state index in [1.165, 1.54) is 6.08 Å². The molecule has 0 saturated heterocycles. The summed E-state index contributed by atoms with van der Waals surface area (Å²) in [7, 11) is 3.33. The highest BCUT2D eigenvalue weighted by molar-refractivity contribution is 6.31. The first-order valence-corrected chi connectivity index (χ1v) is 9.72. The van der Waals surface area contributed by atoms with Gasteiger partial charge in [0.05, 0.1) is 5.69 Å². The number of hydrogen-bond acceptors (Lipinski definition) is 3. The number of carbonyl (C=O) groups excluding carboxylic acids is 2. The van der Waals surface area contributed by atoms with Gasteiger partial charge in [-0.15, -0.1) is 0 Å². The van der Waals surface area contributed by atoms with Crippen LogP contribution in [0.2, 0.25) is 5.15 Å². The van der Waals surface area contributed by atoms with Gasteiger partial charge in [-0.05, 0) is 37.1 Å². The molecular weight excluding hydrogens is 376 g/mol. The minimum absolute atomic E-state index is 0.132. The van der Waals surface area contributed by atoms with Crippen molar-refractivity contribution >= 4 is 29.5 Å². The summed E-state index contributed by atoms with van der Waals surface area (Å²) in [6.45, 7) is 5.21. The van der Waals surface area contributed by atoms with E-state index in [4.69, 9.17) is 11.6 Å². The van der Waals surface area contributed by atoms with Crippen LogP contribution >= 0.6 is 11.6 Å². The van der Waals surface area contributed by atoms with E-state index in [1.807, 2.05) is 19.1 Å². The number of aromatic nitrogens is 2. The van der Waals surface area contributed by atoms with Gasteiger partial charge in [-0.1, -0.05) is 37.1 Å². The molecule has 0 atom stereocenters.